The van der Waals surface area contributed by atoms with E-state index in [1.54, 1.807) is 0 Å². The minimum absolute atomic E-state index is 0.0610. The average molecular weight is 625 g/mol. The molecule has 2 fully saturated rings. The van der Waals surface area contributed by atoms with E-state index in [1.807, 2.05) is 0 Å². The third-order valence-corrected chi connectivity index (χ3v) is 7.92. The fourth-order valence-electron chi connectivity index (χ4n) is 5.52. The maximum absolute atomic E-state index is 13.6. The third kappa shape index (κ3) is 4.99. The van der Waals surface area contributed by atoms with Crippen LogP contribution in [0.2, 0.25) is 0 Å². The molecule has 1 aromatic heterocycles. The van der Waals surface area contributed by atoms with E-state index in [4.69, 9.17) is 23.4 Å². The van der Waals surface area contributed by atoms with Gasteiger partial charge >= 0.3 is 0 Å². The maximum atomic E-state index is 13.6. The molecule has 9 atom stereocenters. The Bertz CT molecular complexity index is 1580. The molecule has 5 rings (SSSR count). The largest absolute Gasteiger partial charge is 0.507 e. The zero-order valence-electron chi connectivity index (χ0n) is 23.3. The summed E-state index contributed by atoms with van der Waals surface area (Å²) in [4.78, 5) is 13.6. The van der Waals surface area contributed by atoms with Crippen molar-refractivity contribution in [2.24, 2.45) is 0 Å². The topological polar surface area (TPSA) is 269 Å². The number of hydrogen-bond acceptors (Lipinski definition) is 16. The van der Waals surface area contributed by atoms with Gasteiger partial charge in [-0.15, -0.1) is 0 Å². The summed E-state index contributed by atoms with van der Waals surface area (Å²) in [6.07, 6.45) is -16.0. The summed E-state index contributed by atoms with van der Waals surface area (Å²) in [7, 11) is 2.54. The van der Waals surface area contributed by atoms with E-state index in [9.17, 15) is 55.9 Å². The van der Waals surface area contributed by atoms with Gasteiger partial charge < -0.3 is 74.4 Å². The molecule has 0 aliphatic carbocycles. The van der Waals surface area contributed by atoms with Crippen LogP contribution in [0.4, 0.5) is 0 Å². The number of phenolic OH excluding ortho intramolecular Hbond substituents is 3. The summed E-state index contributed by atoms with van der Waals surface area (Å²) < 4.78 is 27.4. The Kier molecular flexibility index (Phi) is 8.65. The number of methoxy groups -OCH3 is 2. The molecule has 3 heterocycles. The van der Waals surface area contributed by atoms with Crippen LogP contribution in [-0.4, -0.2) is 121 Å². The van der Waals surface area contributed by atoms with E-state index in [0.29, 0.717) is 0 Å². The fraction of sp³-hybridized carbons (Fsp3) is 0.464. The number of benzene rings is 2. The second-order valence-electron chi connectivity index (χ2n) is 10.5. The number of fused-ring (bicyclic) bond motifs is 1. The molecule has 2 aliphatic rings. The monoisotopic (exact) mass is 624 g/mol. The molecule has 0 spiro atoms. The van der Waals surface area contributed by atoms with Gasteiger partial charge in [-0.1, -0.05) is 0 Å². The normalized spacial score (nSPS) is 30.8. The second kappa shape index (κ2) is 12.0. The molecule has 240 valence electrons. The van der Waals surface area contributed by atoms with Crippen molar-refractivity contribution in [3.05, 3.63) is 39.5 Å². The SMILES string of the molecule is COc1cc(-c2cc(=O)c3c(O)c(C4OC(CO)C(O)C(O)C4O)c(O)c(C4OCC(O)C(O)C4O)c3o2)cc(OC)c1O. The second-order valence-corrected chi connectivity index (χ2v) is 10.5. The number of phenols is 3. The van der Waals surface area contributed by atoms with Crippen molar-refractivity contribution in [2.75, 3.05) is 27.4 Å². The van der Waals surface area contributed by atoms with Gasteiger partial charge in [0.15, 0.2) is 22.5 Å². The van der Waals surface area contributed by atoms with E-state index >= 15 is 0 Å². The first kappa shape index (κ1) is 31.7. The first-order valence-electron chi connectivity index (χ1n) is 13.3. The summed E-state index contributed by atoms with van der Waals surface area (Å²) in [5, 5.41) is 105. The van der Waals surface area contributed by atoms with Crippen LogP contribution in [0.1, 0.15) is 23.3 Å². The minimum atomic E-state index is -2.01. The van der Waals surface area contributed by atoms with Gasteiger partial charge in [0.2, 0.25) is 5.75 Å². The lowest BCUT2D eigenvalue weighted by Gasteiger charge is -2.41. The lowest BCUT2D eigenvalue weighted by molar-refractivity contribution is -0.232. The van der Waals surface area contributed by atoms with Crippen LogP contribution >= 0.6 is 0 Å². The van der Waals surface area contributed by atoms with Crippen LogP contribution in [0.5, 0.6) is 28.7 Å². The van der Waals surface area contributed by atoms with Crippen molar-refractivity contribution in [2.45, 2.75) is 54.9 Å². The number of rotatable bonds is 6. The number of ether oxygens (including phenoxy) is 4. The van der Waals surface area contributed by atoms with Crippen molar-refractivity contribution in [3.8, 4) is 40.1 Å². The molecule has 2 saturated heterocycles. The molecule has 16 nitrogen and oxygen atoms in total. The molecule has 0 bridgehead atoms. The summed E-state index contributed by atoms with van der Waals surface area (Å²) in [5.41, 5.74) is -2.55. The average Bonchev–Trinajstić information content (AvgIpc) is 3.00. The summed E-state index contributed by atoms with van der Waals surface area (Å²) >= 11 is 0. The van der Waals surface area contributed by atoms with Crippen LogP contribution in [0.15, 0.2) is 27.4 Å². The van der Waals surface area contributed by atoms with Crippen molar-refractivity contribution in [3.63, 3.8) is 0 Å². The van der Waals surface area contributed by atoms with Gasteiger partial charge in [0.1, 0.15) is 77.6 Å². The van der Waals surface area contributed by atoms with Crippen molar-refractivity contribution < 1.29 is 74.4 Å². The van der Waals surface area contributed by atoms with Crippen molar-refractivity contribution >= 4 is 11.0 Å². The highest BCUT2D eigenvalue weighted by Crippen LogP contribution is 2.51. The van der Waals surface area contributed by atoms with Gasteiger partial charge in [-0.25, -0.2) is 0 Å². The van der Waals surface area contributed by atoms with E-state index in [0.717, 1.165) is 6.07 Å². The van der Waals surface area contributed by atoms with Crippen LogP contribution in [0, 0.1) is 0 Å². The first-order valence-corrected chi connectivity index (χ1v) is 13.3. The van der Waals surface area contributed by atoms with Gasteiger partial charge in [0.25, 0.3) is 0 Å². The van der Waals surface area contributed by atoms with Gasteiger partial charge in [-0.2, -0.15) is 0 Å². The molecule has 44 heavy (non-hydrogen) atoms. The Morgan fingerprint density at radius 3 is 1.98 bits per heavy atom. The highest BCUT2D eigenvalue weighted by Gasteiger charge is 2.48. The van der Waals surface area contributed by atoms with Gasteiger partial charge in [0.05, 0.1) is 38.6 Å². The van der Waals surface area contributed by atoms with E-state index in [2.05, 4.69) is 0 Å². The molecule has 0 saturated carbocycles. The molecule has 2 aromatic carbocycles. The van der Waals surface area contributed by atoms with Crippen molar-refractivity contribution in [1.29, 1.82) is 0 Å². The molecule has 10 N–H and O–H groups in total. The zero-order chi connectivity index (χ0) is 32.2. The fourth-order valence-corrected chi connectivity index (χ4v) is 5.52. The highest BCUT2D eigenvalue weighted by atomic mass is 16.5. The highest BCUT2D eigenvalue weighted by molar-refractivity contribution is 5.92. The predicted molar refractivity (Wildman–Crippen MR) is 145 cm³/mol. The molecule has 3 aromatic rings. The number of aliphatic hydroxyl groups excluding tert-OH is 7. The smallest absolute Gasteiger partial charge is 0.200 e. The minimum Gasteiger partial charge on any atom is -0.507 e. The Morgan fingerprint density at radius 1 is 0.773 bits per heavy atom. The van der Waals surface area contributed by atoms with E-state index in [1.165, 1.54) is 26.4 Å². The van der Waals surface area contributed by atoms with Crippen LogP contribution in [-0.2, 0) is 9.47 Å². The van der Waals surface area contributed by atoms with Gasteiger partial charge in [-0.05, 0) is 12.1 Å². The van der Waals surface area contributed by atoms with E-state index in [-0.39, 0.29) is 28.6 Å². The third-order valence-electron chi connectivity index (χ3n) is 7.92. The lowest BCUT2D eigenvalue weighted by Crippen LogP contribution is -2.55. The predicted octanol–water partition coefficient (Wildman–Crippen LogP) is -1.74. The summed E-state index contributed by atoms with van der Waals surface area (Å²) in [6, 6.07) is 3.55. The van der Waals surface area contributed by atoms with Gasteiger partial charge in [-0.3, -0.25) is 4.79 Å². The van der Waals surface area contributed by atoms with Crippen molar-refractivity contribution in [1.82, 2.24) is 0 Å². The summed E-state index contributed by atoms with van der Waals surface area (Å²) in [6.45, 7) is -1.39. The maximum Gasteiger partial charge on any atom is 0.200 e. The van der Waals surface area contributed by atoms with Crippen LogP contribution in [0.3, 0.4) is 0 Å². The number of aliphatic hydroxyl groups is 7. The lowest BCUT2D eigenvalue weighted by atomic mass is 9.85. The first-order chi connectivity index (χ1) is 20.9. The Balaban J connectivity index is 1.82. The molecule has 0 amide bonds. The quantitative estimate of drug-likeness (QED) is 0.146. The Hall–Kier alpha value is -3.71. The molecule has 9 unspecified atom stereocenters. The van der Waals surface area contributed by atoms with Crippen LogP contribution < -0.4 is 14.9 Å². The number of aromatic hydroxyl groups is 3. The summed E-state index contributed by atoms with van der Waals surface area (Å²) in [5.74, 6) is -2.62. The molecular formula is C28H32O16. The number of hydrogen-bond donors (Lipinski definition) is 10. The van der Waals surface area contributed by atoms with E-state index < -0.39 is 107 Å². The molecule has 0 radical (unpaired) electrons. The Labute approximate surface area is 247 Å². The standard InChI is InChI=1S/C28H32O16/c1-40-12-3-8(4-13(41-2)19(12)33)11-5-9(30)15-21(35)16(28-25(39)23(37)20(34)14(6-29)44-28)22(36)17(26(15)43-11)27-24(38)18(32)10(31)7-42-27/h3-5,10,14,18,20,23-25,27-29,31-39H,6-7H2,1-2H3. The molecule has 2 aliphatic heterocycles. The molecule has 16 heteroatoms. The van der Waals surface area contributed by atoms with Gasteiger partial charge in [0, 0.05) is 11.6 Å². The Morgan fingerprint density at radius 2 is 1.39 bits per heavy atom. The van der Waals surface area contributed by atoms with Crippen LogP contribution in [0.25, 0.3) is 22.3 Å². The molecular weight excluding hydrogens is 592 g/mol. The zero-order valence-corrected chi connectivity index (χ0v) is 23.3.